The Morgan fingerprint density at radius 3 is 2.39 bits per heavy atom. The SMILES string of the molecule is CCNC(=O)c1ccc(Nc2nccc(N3CC4CC(C3)N4)n2)cc1C.Cl.NC(=O)c1ccccc1. The predicted molar refractivity (Wildman–Crippen MR) is 144 cm³/mol. The summed E-state index contributed by atoms with van der Waals surface area (Å²) in [5.74, 6) is 1.09. The fourth-order valence-electron chi connectivity index (χ4n) is 4.27. The highest BCUT2D eigenvalue weighted by Crippen LogP contribution is 2.26. The number of carbonyl (C=O) groups excluding carboxylic acids is 2. The number of nitrogens with one attached hydrogen (secondary N) is 3. The van der Waals surface area contributed by atoms with Crippen molar-refractivity contribution >= 4 is 41.7 Å². The van der Waals surface area contributed by atoms with E-state index in [0.29, 0.717) is 35.7 Å². The van der Waals surface area contributed by atoms with E-state index >= 15 is 0 Å². The second-order valence-electron chi connectivity index (χ2n) is 8.68. The molecule has 3 fully saturated rings. The highest BCUT2D eigenvalue weighted by molar-refractivity contribution is 5.96. The number of anilines is 3. The van der Waals surface area contributed by atoms with Gasteiger partial charge in [0, 0.05) is 54.7 Å². The Hall–Kier alpha value is -3.69. The lowest BCUT2D eigenvalue weighted by Crippen LogP contribution is -2.67. The van der Waals surface area contributed by atoms with Crippen LogP contribution in [0, 0.1) is 6.92 Å². The molecular formula is C26H32ClN7O2. The number of hydrogen-bond acceptors (Lipinski definition) is 7. The summed E-state index contributed by atoms with van der Waals surface area (Å²) in [6.07, 6.45) is 3.05. The summed E-state index contributed by atoms with van der Waals surface area (Å²) in [4.78, 5) is 33.7. The number of carbonyl (C=O) groups is 2. The van der Waals surface area contributed by atoms with Crippen molar-refractivity contribution in [3.8, 4) is 0 Å². The number of halogens is 1. The number of primary amides is 1. The Morgan fingerprint density at radius 1 is 1.11 bits per heavy atom. The number of nitrogens with zero attached hydrogens (tertiary/aromatic N) is 3. The highest BCUT2D eigenvalue weighted by atomic mass is 35.5. The summed E-state index contributed by atoms with van der Waals surface area (Å²) in [5, 5.41) is 9.61. The fourth-order valence-corrected chi connectivity index (χ4v) is 4.27. The van der Waals surface area contributed by atoms with Gasteiger partial charge >= 0.3 is 0 Å². The molecule has 3 saturated heterocycles. The smallest absolute Gasteiger partial charge is 0.251 e. The van der Waals surface area contributed by atoms with Gasteiger partial charge in [-0.3, -0.25) is 9.59 Å². The first-order chi connectivity index (χ1) is 16.9. The number of aromatic nitrogens is 2. The quantitative estimate of drug-likeness (QED) is 0.402. The number of amides is 2. The van der Waals surface area contributed by atoms with Gasteiger partial charge in [0.1, 0.15) is 5.82 Å². The summed E-state index contributed by atoms with van der Waals surface area (Å²) in [6.45, 7) is 6.45. The lowest BCUT2D eigenvalue weighted by molar-refractivity contribution is 0.0953. The van der Waals surface area contributed by atoms with E-state index < -0.39 is 0 Å². The number of aryl methyl sites for hydroxylation is 1. The molecule has 36 heavy (non-hydrogen) atoms. The van der Waals surface area contributed by atoms with Gasteiger partial charge in [-0.25, -0.2) is 4.98 Å². The zero-order chi connectivity index (χ0) is 24.8. The van der Waals surface area contributed by atoms with Crippen LogP contribution in [0.2, 0.25) is 0 Å². The Morgan fingerprint density at radius 2 is 1.81 bits per heavy atom. The van der Waals surface area contributed by atoms with Crippen molar-refractivity contribution in [2.24, 2.45) is 5.73 Å². The largest absolute Gasteiger partial charge is 0.366 e. The van der Waals surface area contributed by atoms with Gasteiger partial charge in [0.2, 0.25) is 11.9 Å². The first kappa shape index (κ1) is 26.9. The van der Waals surface area contributed by atoms with E-state index in [1.54, 1.807) is 30.5 Å². The number of piperidine rings is 1. The van der Waals surface area contributed by atoms with Gasteiger partial charge in [0.15, 0.2) is 0 Å². The van der Waals surface area contributed by atoms with Crippen LogP contribution in [0.25, 0.3) is 0 Å². The second-order valence-corrected chi connectivity index (χ2v) is 8.68. The van der Waals surface area contributed by atoms with E-state index in [1.807, 2.05) is 44.2 Å². The molecule has 2 unspecified atom stereocenters. The number of rotatable bonds is 6. The molecule has 2 aromatic carbocycles. The maximum absolute atomic E-state index is 12.0. The number of piperazine rings is 1. The maximum atomic E-state index is 12.0. The molecule has 5 N–H and O–H groups in total. The normalized spacial score (nSPS) is 17.4. The lowest BCUT2D eigenvalue weighted by Gasteiger charge is -2.48. The Labute approximate surface area is 217 Å². The van der Waals surface area contributed by atoms with Crippen molar-refractivity contribution in [2.45, 2.75) is 32.4 Å². The van der Waals surface area contributed by atoms with E-state index in [2.05, 4.69) is 30.8 Å². The number of fused-ring (bicyclic) bond motifs is 2. The third kappa shape index (κ3) is 6.71. The average molecular weight is 510 g/mol. The Kier molecular flexibility index (Phi) is 9.21. The molecule has 0 spiro atoms. The summed E-state index contributed by atoms with van der Waals surface area (Å²) < 4.78 is 0. The summed E-state index contributed by atoms with van der Waals surface area (Å²) in [5.41, 5.74) is 8.00. The molecule has 190 valence electrons. The van der Waals surface area contributed by atoms with Crippen molar-refractivity contribution in [2.75, 3.05) is 29.9 Å². The van der Waals surface area contributed by atoms with Gasteiger partial charge in [0.25, 0.3) is 5.91 Å². The van der Waals surface area contributed by atoms with Crippen LogP contribution in [0.15, 0.2) is 60.8 Å². The van der Waals surface area contributed by atoms with Crippen LogP contribution in [0.1, 0.15) is 39.6 Å². The number of nitrogens with two attached hydrogens (primary N) is 1. The van der Waals surface area contributed by atoms with E-state index in [4.69, 9.17) is 5.73 Å². The van der Waals surface area contributed by atoms with Crippen LogP contribution in [-0.2, 0) is 0 Å². The standard InChI is InChI=1S/C19H24N6O.C7H7NO.ClH/c1-3-20-18(26)16-5-4-13(8-12(16)2)23-19-21-7-6-17(24-19)25-10-14-9-15(11-25)22-14;8-7(9)6-4-2-1-3-5-6;/h4-8,14-15,22H,3,9-11H2,1-2H3,(H,20,26)(H,21,23,24);1-5H,(H2,8,9);1H. The first-order valence-corrected chi connectivity index (χ1v) is 11.8. The van der Waals surface area contributed by atoms with Gasteiger partial charge in [-0.1, -0.05) is 18.2 Å². The molecule has 2 bridgehead atoms. The summed E-state index contributed by atoms with van der Waals surface area (Å²) in [7, 11) is 0. The minimum Gasteiger partial charge on any atom is -0.366 e. The van der Waals surface area contributed by atoms with Gasteiger partial charge in [-0.05, 0) is 62.2 Å². The van der Waals surface area contributed by atoms with Crippen molar-refractivity contribution in [3.63, 3.8) is 0 Å². The molecule has 3 aliphatic heterocycles. The second kappa shape index (κ2) is 12.3. The number of hydrogen-bond donors (Lipinski definition) is 4. The van der Waals surface area contributed by atoms with Crippen LogP contribution in [0.5, 0.6) is 0 Å². The minimum atomic E-state index is -0.379. The highest BCUT2D eigenvalue weighted by Gasteiger charge is 2.36. The molecule has 0 saturated carbocycles. The molecule has 2 amide bonds. The zero-order valence-corrected chi connectivity index (χ0v) is 21.2. The Balaban J connectivity index is 0.000000307. The zero-order valence-electron chi connectivity index (χ0n) is 20.4. The van der Waals surface area contributed by atoms with Crippen LogP contribution < -0.4 is 26.6 Å². The first-order valence-electron chi connectivity index (χ1n) is 11.8. The van der Waals surface area contributed by atoms with Gasteiger partial charge in [0.05, 0.1) is 0 Å². The molecule has 3 aliphatic rings. The lowest BCUT2D eigenvalue weighted by atomic mass is 9.91. The van der Waals surface area contributed by atoms with Crippen molar-refractivity contribution in [1.29, 1.82) is 0 Å². The van der Waals surface area contributed by atoms with E-state index in [1.165, 1.54) is 6.42 Å². The fraction of sp³-hybridized carbons (Fsp3) is 0.308. The van der Waals surface area contributed by atoms with Crippen LogP contribution in [-0.4, -0.2) is 53.5 Å². The number of benzene rings is 2. The predicted octanol–water partition coefficient (Wildman–Crippen LogP) is 3.04. The van der Waals surface area contributed by atoms with Gasteiger partial charge in [-0.15, -0.1) is 12.4 Å². The molecular weight excluding hydrogens is 478 g/mol. The topological polar surface area (TPSA) is 125 Å². The van der Waals surface area contributed by atoms with Gasteiger partial charge < -0.3 is 26.6 Å². The van der Waals surface area contributed by atoms with Crippen LogP contribution >= 0.6 is 12.4 Å². The van der Waals surface area contributed by atoms with Crippen molar-refractivity contribution in [3.05, 3.63) is 77.5 Å². The van der Waals surface area contributed by atoms with Crippen molar-refractivity contribution in [1.82, 2.24) is 20.6 Å². The Bertz CT molecular complexity index is 1180. The molecule has 4 heterocycles. The monoisotopic (exact) mass is 509 g/mol. The summed E-state index contributed by atoms with van der Waals surface area (Å²) in [6, 6.07) is 17.6. The van der Waals surface area contributed by atoms with Gasteiger partial charge in [-0.2, -0.15) is 4.98 Å². The molecule has 0 radical (unpaired) electrons. The van der Waals surface area contributed by atoms with E-state index in [0.717, 1.165) is 30.2 Å². The molecule has 3 aromatic rings. The molecule has 1 aromatic heterocycles. The maximum Gasteiger partial charge on any atom is 0.251 e. The van der Waals surface area contributed by atoms with Crippen molar-refractivity contribution < 1.29 is 9.59 Å². The van der Waals surface area contributed by atoms with E-state index in [-0.39, 0.29) is 24.2 Å². The molecule has 6 rings (SSSR count). The summed E-state index contributed by atoms with van der Waals surface area (Å²) >= 11 is 0. The third-order valence-corrected chi connectivity index (χ3v) is 6.01. The average Bonchev–Trinajstić information content (AvgIpc) is 2.85. The molecule has 0 aliphatic carbocycles. The van der Waals surface area contributed by atoms with Crippen LogP contribution in [0.4, 0.5) is 17.5 Å². The molecule has 9 nitrogen and oxygen atoms in total. The minimum absolute atomic E-state index is 0. The molecule has 2 atom stereocenters. The van der Waals surface area contributed by atoms with Crippen LogP contribution in [0.3, 0.4) is 0 Å². The van der Waals surface area contributed by atoms with E-state index in [9.17, 15) is 9.59 Å². The third-order valence-electron chi connectivity index (χ3n) is 6.01. The molecule has 10 heteroatoms.